The van der Waals surface area contributed by atoms with Crippen LogP contribution >= 0.6 is 11.6 Å². The standard InChI is InChI=1S/C18H20ClN3O5S/c1-12(2)22(3)28(25,26)15-6-4-5-13(9-15)18(24)27-11-17(23)21-16-8-7-14(19)10-20-16/h4-10,12H,11H2,1-3H3,(H,20,21,23). The van der Waals surface area contributed by atoms with Gasteiger partial charge in [-0.3, -0.25) is 4.79 Å². The number of carbonyl (C=O) groups excluding carboxylic acids is 2. The van der Waals surface area contributed by atoms with Gasteiger partial charge in [0.25, 0.3) is 5.91 Å². The molecule has 0 aliphatic rings. The van der Waals surface area contributed by atoms with E-state index < -0.39 is 28.5 Å². The average molecular weight is 426 g/mol. The second-order valence-corrected chi connectivity index (χ2v) is 8.56. The molecular formula is C18H20ClN3O5S. The molecule has 1 amide bonds. The van der Waals surface area contributed by atoms with Gasteiger partial charge in [0.1, 0.15) is 5.82 Å². The molecule has 1 aromatic carbocycles. The predicted molar refractivity (Wildman–Crippen MR) is 105 cm³/mol. The van der Waals surface area contributed by atoms with Crippen LogP contribution in [0.25, 0.3) is 0 Å². The van der Waals surface area contributed by atoms with Gasteiger partial charge in [-0.2, -0.15) is 4.31 Å². The van der Waals surface area contributed by atoms with Gasteiger partial charge in [-0.15, -0.1) is 0 Å². The summed E-state index contributed by atoms with van der Waals surface area (Å²) in [5.74, 6) is -1.15. The van der Waals surface area contributed by atoms with Gasteiger partial charge in [-0.05, 0) is 44.2 Å². The number of nitrogens with zero attached hydrogens (tertiary/aromatic N) is 2. The quantitative estimate of drug-likeness (QED) is 0.683. The van der Waals surface area contributed by atoms with Crippen LogP contribution in [-0.4, -0.2) is 49.3 Å². The van der Waals surface area contributed by atoms with E-state index in [0.29, 0.717) is 5.02 Å². The summed E-state index contributed by atoms with van der Waals surface area (Å²) >= 11 is 5.71. The van der Waals surface area contributed by atoms with Crippen LogP contribution in [-0.2, 0) is 19.6 Å². The van der Waals surface area contributed by atoms with Crippen LogP contribution in [0.5, 0.6) is 0 Å². The Labute approximate surface area is 168 Å². The number of halogens is 1. The first-order chi connectivity index (χ1) is 13.1. The number of anilines is 1. The van der Waals surface area contributed by atoms with Crippen molar-refractivity contribution in [3.63, 3.8) is 0 Å². The Balaban J connectivity index is 2.03. The number of sulfonamides is 1. The topological polar surface area (TPSA) is 106 Å². The van der Waals surface area contributed by atoms with Crippen molar-refractivity contribution in [1.29, 1.82) is 0 Å². The van der Waals surface area contributed by atoms with Gasteiger partial charge in [0.05, 0.1) is 15.5 Å². The minimum absolute atomic E-state index is 0.0237. The number of benzene rings is 1. The largest absolute Gasteiger partial charge is 0.452 e. The summed E-state index contributed by atoms with van der Waals surface area (Å²) in [7, 11) is -2.28. The first kappa shape index (κ1) is 21.8. The van der Waals surface area contributed by atoms with E-state index in [1.165, 1.54) is 47.9 Å². The molecule has 0 atom stereocenters. The molecule has 0 bridgehead atoms. The summed E-state index contributed by atoms with van der Waals surface area (Å²) in [6, 6.07) is 8.27. The maximum absolute atomic E-state index is 12.5. The molecule has 1 aromatic heterocycles. The molecule has 1 heterocycles. The van der Waals surface area contributed by atoms with Gasteiger partial charge in [-0.1, -0.05) is 17.7 Å². The summed E-state index contributed by atoms with van der Waals surface area (Å²) in [6.45, 7) is 2.93. The number of hydrogen-bond donors (Lipinski definition) is 1. The number of rotatable bonds is 7. The molecule has 0 saturated carbocycles. The highest BCUT2D eigenvalue weighted by molar-refractivity contribution is 7.89. The fourth-order valence-electron chi connectivity index (χ4n) is 2.07. The van der Waals surface area contributed by atoms with Gasteiger partial charge >= 0.3 is 5.97 Å². The molecule has 8 nitrogen and oxygen atoms in total. The lowest BCUT2D eigenvalue weighted by Gasteiger charge is -2.21. The van der Waals surface area contributed by atoms with Gasteiger partial charge in [0.15, 0.2) is 6.61 Å². The summed E-state index contributed by atoms with van der Waals surface area (Å²) in [5, 5.41) is 2.87. The van der Waals surface area contributed by atoms with E-state index in [2.05, 4.69) is 10.3 Å². The molecule has 0 radical (unpaired) electrons. The van der Waals surface area contributed by atoms with Crippen LogP contribution in [0.3, 0.4) is 0 Å². The lowest BCUT2D eigenvalue weighted by molar-refractivity contribution is -0.119. The zero-order chi connectivity index (χ0) is 20.9. The fourth-order valence-corrected chi connectivity index (χ4v) is 3.60. The summed E-state index contributed by atoms with van der Waals surface area (Å²) in [4.78, 5) is 27.9. The molecule has 0 spiro atoms. The van der Waals surface area contributed by atoms with Gasteiger partial charge in [0, 0.05) is 19.3 Å². The van der Waals surface area contributed by atoms with Gasteiger partial charge in [-0.25, -0.2) is 18.2 Å². The van der Waals surface area contributed by atoms with Crippen molar-refractivity contribution in [2.45, 2.75) is 24.8 Å². The predicted octanol–water partition coefficient (Wildman–Crippen LogP) is 2.56. The van der Waals surface area contributed by atoms with E-state index in [-0.39, 0.29) is 22.3 Å². The van der Waals surface area contributed by atoms with E-state index >= 15 is 0 Å². The number of pyridine rings is 1. The first-order valence-electron chi connectivity index (χ1n) is 8.28. The molecule has 2 rings (SSSR count). The lowest BCUT2D eigenvalue weighted by Crippen LogP contribution is -2.33. The zero-order valence-electron chi connectivity index (χ0n) is 15.5. The second kappa shape index (κ2) is 9.13. The minimum atomic E-state index is -3.74. The highest BCUT2D eigenvalue weighted by atomic mass is 35.5. The number of aromatic nitrogens is 1. The van der Waals surface area contributed by atoms with Crippen LogP contribution in [0.2, 0.25) is 5.02 Å². The van der Waals surface area contributed by atoms with Crippen LogP contribution in [0, 0.1) is 0 Å². The van der Waals surface area contributed by atoms with Gasteiger partial charge in [0.2, 0.25) is 10.0 Å². The molecule has 0 unspecified atom stereocenters. The van der Waals surface area contributed by atoms with E-state index in [4.69, 9.17) is 16.3 Å². The van der Waals surface area contributed by atoms with Crippen LogP contribution in [0.4, 0.5) is 5.82 Å². The molecule has 0 fully saturated rings. The molecule has 10 heteroatoms. The van der Waals surface area contributed by atoms with Crippen molar-refractivity contribution in [2.24, 2.45) is 0 Å². The Morgan fingerprint density at radius 2 is 1.96 bits per heavy atom. The fraction of sp³-hybridized carbons (Fsp3) is 0.278. The summed E-state index contributed by atoms with van der Waals surface area (Å²) < 4.78 is 31.2. The van der Waals surface area contributed by atoms with Crippen LogP contribution in [0.15, 0.2) is 47.5 Å². The average Bonchev–Trinajstić information content (AvgIpc) is 2.67. The second-order valence-electron chi connectivity index (χ2n) is 6.13. The highest BCUT2D eigenvalue weighted by Gasteiger charge is 2.24. The Bertz CT molecular complexity index is 961. The third-order valence-electron chi connectivity index (χ3n) is 3.80. The number of esters is 1. The van der Waals surface area contributed by atoms with E-state index in [1.54, 1.807) is 19.9 Å². The van der Waals surface area contributed by atoms with E-state index in [9.17, 15) is 18.0 Å². The zero-order valence-corrected chi connectivity index (χ0v) is 17.1. The number of hydrogen-bond acceptors (Lipinski definition) is 6. The van der Waals surface area contributed by atoms with E-state index in [0.717, 1.165) is 0 Å². The number of amides is 1. The Morgan fingerprint density at radius 3 is 2.57 bits per heavy atom. The third kappa shape index (κ3) is 5.51. The molecule has 0 aliphatic carbocycles. The molecular weight excluding hydrogens is 406 g/mol. The van der Waals surface area contributed by atoms with E-state index in [1.807, 2.05) is 0 Å². The van der Waals surface area contributed by atoms with Crippen molar-refractivity contribution in [1.82, 2.24) is 9.29 Å². The molecule has 0 aliphatic heterocycles. The first-order valence-corrected chi connectivity index (χ1v) is 10.1. The van der Waals surface area contributed by atoms with Gasteiger partial charge < -0.3 is 10.1 Å². The van der Waals surface area contributed by atoms with Crippen LogP contribution in [0.1, 0.15) is 24.2 Å². The monoisotopic (exact) mass is 425 g/mol. The van der Waals surface area contributed by atoms with Crippen LogP contribution < -0.4 is 5.32 Å². The van der Waals surface area contributed by atoms with Crippen molar-refractivity contribution < 1.29 is 22.7 Å². The lowest BCUT2D eigenvalue weighted by atomic mass is 10.2. The normalized spacial score (nSPS) is 11.5. The number of ether oxygens (including phenoxy) is 1. The maximum Gasteiger partial charge on any atom is 0.338 e. The number of nitrogens with one attached hydrogen (secondary N) is 1. The number of carbonyl (C=O) groups is 2. The van der Waals surface area contributed by atoms with Crippen molar-refractivity contribution in [3.8, 4) is 0 Å². The molecule has 2 aromatic rings. The molecule has 0 saturated heterocycles. The molecule has 150 valence electrons. The van der Waals surface area contributed by atoms with Crippen molar-refractivity contribution >= 4 is 39.3 Å². The molecule has 1 N–H and O–H groups in total. The smallest absolute Gasteiger partial charge is 0.338 e. The van der Waals surface area contributed by atoms with Crippen molar-refractivity contribution in [2.75, 3.05) is 19.0 Å². The Hall–Kier alpha value is -2.49. The third-order valence-corrected chi connectivity index (χ3v) is 6.06. The SMILES string of the molecule is CC(C)N(C)S(=O)(=O)c1cccc(C(=O)OCC(=O)Nc2ccc(Cl)cn2)c1. The van der Waals surface area contributed by atoms with Crippen molar-refractivity contribution in [3.05, 3.63) is 53.2 Å². The Morgan fingerprint density at radius 1 is 1.25 bits per heavy atom. The molecule has 28 heavy (non-hydrogen) atoms. The summed E-state index contributed by atoms with van der Waals surface area (Å²) in [5.41, 5.74) is 0.0237. The summed E-state index contributed by atoms with van der Waals surface area (Å²) in [6.07, 6.45) is 1.36. The maximum atomic E-state index is 12.5. The highest BCUT2D eigenvalue weighted by Crippen LogP contribution is 2.18. The minimum Gasteiger partial charge on any atom is -0.452 e. The Kier molecular flexibility index (Phi) is 7.11.